The van der Waals surface area contributed by atoms with E-state index < -0.39 is 10.0 Å². The molecule has 0 aliphatic rings. The Morgan fingerprint density at radius 2 is 1.81 bits per heavy atom. The van der Waals surface area contributed by atoms with Crippen molar-refractivity contribution in [1.82, 2.24) is 4.31 Å². The van der Waals surface area contributed by atoms with Gasteiger partial charge in [-0.3, -0.25) is 4.79 Å². The third-order valence-electron chi connectivity index (χ3n) is 4.32. The van der Waals surface area contributed by atoms with Crippen molar-refractivity contribution >= 4 is 21.6 Å². The highest BCUT2D eigenvalue weighted by molar-refractivity contribution is 7.89. The molecule has 2 aromatic carbocycles. The van der Waals surface area contributed by atoms with E-state index in [1.165, 1.54) is 27.3 Å². The molecule has 2 aromatic rings. The standard InChI is InChI=1S/C20H26N2O4S/c1-5-15-8-6-7-9-18(15)21-20(23)13-10-16-14-17(11-12-19(16)26-4)27(24,25)22(2)3/h6-9,11-12,14H,5,10,13H2,1-4H3,(H,21,23). The van der Waals surface area contributed by atoms with Crippen LogP contribution in [0.15, 0.2) is 47.4 Å². The molecule has 27 heavy (non-hydrogen) atoms. The summed E-state index contributed by atoms with van der Waals surface area (Å²) in [5, 5.41) is 2.93. The number of hydrogen-bond donors (Lipinski definition) is 1. The summed E-state index contributed by atoms with van der Waals surface area (Å²) in [5.74, 6) is 0.438. The summed E-state index contributed by atoms with van der Waals surface area (Å²) in [5.41, 5.74) is 2.56. The highest BCUT2D eigenvalue weighted by Crippen LogP contribution is 2.25. The van der Waals surface area contributed by atoms with Crippen LogP contribution in [0.5, 0.6) is 5.75 Å². The van der Waals surface area contributed by atoms with E-state index in [4.69, 9.17) is 4.74 Å². The number of aryl methyl sites for hydroxylation is 2. The first kappa shape index (κ1) is 20.9. The molecule has 1 amide bonds. The maximum Gasteiger partial charge on any atom is 0.242 e. The molecule has 0 radical (unpaired) electrons. The zero-order chi connectivity index (χ0) is 20.0. The van der Waals surface area contributed by atoms with Gasteiger partial charge in [0.25, 0.3) is 0 Å². The number of para-hydroxylation sites is 1. The van der Waals surface area contributed by atoms with Crippen molar-refractivity contribution in [1.29, 1.82) is 0 Å². The lowest BCUT2D eigenvalue weighted by atomic mass is 10.1. The molecule has 0 fully saturated rings. The lowest BCUT2D eigenvalue weighted by Crippen LogP contribution is -2.22. The van der Waals surface area contributed by atoms with Crippen molar-refractivity contribution in [2.75, 3.05) is 26.5 Å². The molecular formula is C20H26N2O4S. The quantitative estimate of drug-likeness (QED) is 0.752. The molecule has 1 N–H and O–H groups in total. The first-order valence-corrected chi connectivity index (χ1v) is 10.2. The van der Waals surface area contributed by atoms with Crippen LogP contribution in [0.4, 0.5) is 5.69 Å². The van der Waals surface area contributed by atoms with Gasteiger partial charge in [-0.25, -0.2) is 12.7 Å². The molecule has 6 nitrogen and oxygen atoms in total. The van der Waals surface area contributed by atoms with Crippen LogP contribution < -0.4 is 10.1 Å². The number of nitrogens with zero attached hydrogens (tertiary/aromatic N) is 1. The summed E-state index contributed by atoms with van der Waals surface area (Å²) in [7, 11) is 0.949. The van der Waals surface area contributed by atoms with Crippen LogP contribution in [-0.2, 0) is 27.7 Å². The van der Waals surface area contributed by atoms with Gasteiger partial charge in [-0.05, 0) is 48.2 Å². The monoisotopic (exact) mass is 390 g/mol. The van der Waals surface area contributed by atoms with E-state index >= 15 is 0 Å². The van der Waals surface area contributed by atoms with Crippen LogP contribution in [0.3, 0.4) is 0 Å². The average Bonchev–Trinajstić information content (AvgIpc) is 2.66. The summed E-state index contributed by atoms with van der Waals surface area (Å²) in [6, 6.07) is 12.4. The van der Waals surface area contributed by atoms with Gasteiger partial charge in [0.15, 0.2) is 0 Å². The van der Waals surface area contributed by atoms with E-state index in [9.17, 15) is 13.2 Å². The number of carbonyl (C=O) groups excluding carboxylic acids is 1. The minimum absolute atomic E-state index is 0.126. The summed E-state index contributed by atoms with van der Waals surface area (Å²) in [6.45, 7) is 2.03. The molecule has 0 heterocycles. The maximum atomic E-state index is 12.4. The fourth-order valence-corrected chi connectivity index (χ4v) is 3.69. The Bertz CT molecular complexity index is 908. The van der Waals surface area contributed by atoms with Crippen LogP contribution in [0.2, 0.25) is 0 Å². The largest absolute Gasteiger partial charge is 0.496 e. The molecule has 0 aliphatic heterocycles. The summed E-state index contributed by atoms with van der Waals surface area (Å²) in [4.78, 5) is 12.5. The molecule has 0 saturated carbocycles. The average molecular weight is 391 g/mol. The van der Waals surface area contributed by atoms with Gasteiger partial charge >= 0.3 is 0 Å². The molecule has 0 atom stereocenters. The number of benzene rings is 2. The SMILES string of the molecule is CCc1ccccc1NC(=O)CCc1cc(S(=O)(=O)N(C)C)ccc1OC. The number of methoxy groups -OCH3 is 1. The zero-order valence-electron chi connectivity index (χ0n) is 16.2. The van der Waals surface area contributed by atoms with E-state index in [-0.39, 0.29) is 17.2 Å². The van der Waals surface area contributed by atoms with E-state index in [1.54, 1.807) is 12.1 Å². The van der Waals surface area contributed by atoms with E-state index in [0.29, 0.717) is 17.7 Å². The third kappa shape index (κ3) is 5.08. The number of amides is 1. The van der Waals surface area contributed by atoms with Crippen LogP contribution >= 0.6 is 0 Å². The predicted octanol–water partition coefficient (Wildman–Crippen LogP) is 3.08. The molecule has 0 bridgehead atoms. The number of carbonyl (C=O) groups is 1. The van der Waals surface area contributed by atoms with Crippen LogP contribution in [0.1, 0.15) is 24.5 Å². The lowest BCUT2D eigenvalue weighted by Gasteiger charge is -2.15. The first-order chi connectivity index (χ1) is 12.8. The summed E-state index contributed by atoms with van der Waals surface area (Å²) < 4.78 is 31.2. The molecule has 7 heteroatoms. The third-order valence-corrected chi connectivity index (χ3v) is 6.14. The van der Waals surface area contributed by atoms with Crippen molar-refractivity contribution in [3.8, 4) is 5.75 Å². The molecule has 0 unspecified atom stereocenters. The molecule has 0 spiro atoms. The van der Waals surface area contributed by atoms with Crippen molar-refractivity contribution < 1.29 is 17.9 Å². The number of rotatable bonds is 8. The predicted molar refractivity (Wildman–Crippen MR) is 107 cm³/mol. The number of ether oxygens (including phenoxy) is 1. The highest BCUT2D eigenvalue weighted by Gasteiger charge is 2.19. The molecule has 146 valence electrons. The van der Waals surface area contributed by atoms with Gasteiger partial charge in [-0.15, -0.1) is 0 Å². The zero-order valence-corrected chi connectivity index (χ0v) is 17.0. The Morgan fingerprint density at radius 3 is 2.44 bits per heavy atom. The van der Waals surface area contributed by atoms with Crippen molar-refractivity contribution in [2.45, 2.75) is 31.1 Å². The van der Waals surface area contributed by atoms with Gasteiger partial charge in [0.2, 0.25) is 15.9 Å². The Hall–Kier alpha value is -2.38. The van der Waals surface area contributed by atoms with Crippen LogP contribution in [0.25, 0.3) is 0 Å². The number of anilines is 1. The van der Waals surface area contributed by atoms with Gasteiger partial charge in [-0.2, -0.15) is 0 Å². The summed E-state index contributed by atoms with van der Waals surface area (Å²) >= 11 is 0. The van der Waals surface area contributed by atoms with Gasteiger partial charge in [0.05, 0.1) is 12.0 Å². The fourth-order valence-electron chi connectivity index (χ4n) is 2.73. The van der Waals surface area contributed by atoms with Crippen LogP contribution in [-0.4, -0.2) is 39.8 Å². The van der Waals surface area contributed by atoms with Crippen LogP contribution in [0, 0.1) is 0 Å². The second-order valence-corrected chi connectivity index (χ2v) is 8.47. The number of nitrogens with one attached hydrogen (secondary N) is 1. The second-order valence-electron chi connectivity index (χ2n) is 6.32. The first-order valence-electron chi connectivity index (χ1n) is 8.76. The Labute approximate surface area is 161 Å². The van der Waals surface area contributed by atoms with Gasteiger partial charge < -0.3 is 10.1 Å². The lowest BCUT2D eigenvalue weighted by molar-refractivity contribution is -0.116. The summed E-state index contributed by atoms with van der Waals surface area (Å²) in [6.07, 6.45) is 1.43. The molecule has 0 saturated heterocycles. The topological polar surface area (TPSA) is 75.7 Å². The minimum atomic E-state index is -3.54. The maximum absolute atomic E-state index is 12.4. The normalized spacial score (nSPS) is 11.4. The fraction of sp³-hybridized carbons (Fsp3) is 0.350. The molecular weight excluding hydrogens is 364 g/mol. The van der Waals surface area contributed by atoms with Crippen molar-refractivity contribution in [2.24, 2.45) is 0 Å². The van der Waals surface area contributed by atoms with Gasteiger partial charge in [-0.1, -0.05) is 25.1 Å². The van der Waals surface area contributed by atoms with Crippen molar-refractivity contribution in [3.63, 3.8) is 0 Å². The molecule has 0 aromatic heterocycles. The van der Waals surface area contributed by atoms with Gasteiger partial charge in [0.1, 0.15) is 5.75 Å². The highest BCUT2D eigenvalue weighted by atomic mass is 32.2. The Balaban J connectivity index is 2.15. The number of hydrogen-bond acceptors (Lipinski definition) is 4. The second kappa shape index (κ2) is 9.01. The molecule has 0 aliphatic carbocycles. The van der Waals surface area contributed by atoms with E-state index in [1.807, 2.05) is 31.2 Å². The van der Waals surface area contributed by atoms with E-state index in [0.717, 1.165) is 22.0 Å². The Kier molecular flexibility index (Phi) is 6.98. The molecule has 2 rings (SSSR count). The van der Waals surface area contributed by atoms with E-state index in [2.05, 4.69) is 5.32 Å². The Morgan fingerprint density at radius 1 is 1.11 bits per heavy atom. The number of sulfonamides is 1. The van der Waals surface area contributed by atoms with Gasteiger partial charge in [0, 0.05) is 26.2 Å². The van der Waals surface area contributed by atoms with Crippen molar-refractivity contribution in [3.05, 3.63) is 53.6 Å². The smallest absolute Gasteiger partial charge is 0.242 e. The minimum Gasteiger partial charge on any atom is -0.496 e.